The molecule has 0 fully saturated rings. The van der Waals surface area contributed by atoms with Crippen LogP contribution in [0.15, 0.2) is 12.4 Å². The molecular weight excluding hydrogens is 216 g/mol. The molecule has 1 N–H and O–H groups in total. The van der Waals surface area contributed by atoms with Gasteiger partial charge in [0.1, 0.15) is 0 Å². The summed E-state index contributed by atoms with van der Waals surface area (Å²) in [6.07, 6.45) is 4.74. The topological polar surface area (TPSA) is 50.2 Å². The normalized spacial score (nSPS) is 10.9. The van der Waals surface area contributed by atoms with Crippen LogP contribution in [0, 0.1) is 0 Å². The van der Waals surface area contributed by atoms with E-state index in [0.29, 0.717) is 6.54 Å². The molecule has 0 aliphatic carbocycles. The van der Waals surface area contributed by atoms with Crippen LogP contribution >= 0.6 is 0 Å². The average molecular weight is 238 g/mol. The molecule has 0 unspecified atom stereocenters. The Morgan fingerprint density at radius 3 is 2.82 bits per heavy atom. The Bertz CT molecular complexity index is 359. The van der Waals surface area contributed by atoms with Gasteiger partial charge < -0.3 is 10.2 Å². The number of carbonyl (C=O) groups excluding carboxylic acids is 1. The second-order valence-electron chi connectivity index (χ2n) is 4.55. The summed E-state index contributed by atoms with van der Waals surface area (Å²) in [4.78, 5) is 13.4. The Labute approximate surface area is 103 Å². The third-order valence-corrected chi connectivity index (χ3v) is 2.79. The second-order valence-corrected chi connectivity index (χ2v) is 4.55. The van der Waals surface area contributed by atoms with Gasteiger partial charge in [-0.25, -0.2) is 0 Å². The SMILES string of the molecule is CC(C)N(C)C(=O)CNCCc1cnn(C)c1. The molecule has 5 heteroatoms. The predicted molar refractivity (Wildman–Crippen MR) is 67.7 cm³/mol. The van der Waals surface area contributed by atoms with E-state index in [0.717, 1.165) is 13.0 Å². The second kappa shape index (κ2) is 6.39. The molecule has 0 saturated heterocycles. The Morgan fingerprint density at radius 1 is 1.59 bits per heavy atom. The third-order valence-electron chi connectivity index (χ3n) is 2.79. The van der Waals surface area contributed by atoms with E-state index in [1.807, 2.05) is 40.3 Å². The highest BCUT2D eigenvalue weighted by Crippen LogP contribution is 1.96. The molecule has 0 aliphatic rings. The van der Waals surface area contributed by atoms with Crippen molar-refractivity contribution in [2.45, 2.75) is 26.3 Å². The first-order valence-electron chi connectivity index (χ1n) is 5.94. The van der Waals surface area contributed by atoms with Gasteiger partial charge in [0, 0.05) is 26.3 Å². The summed E-state index contributed by atoms with van der Waals surface area (Å²) in [6, 6.07) is 0.252. The maximum Gasteiger partial charge on any atom is 0.236 e. The molecule has 0 spiro atoms. The van der Waals surface area contributed by atoms with Gasteiger partial charge in [-0.2, -0.15) is 5.10 Å². The monoisotopic (exact) mass is 238 g/mol. The van der Waals surface area contributed by atoms with Gasteiger partial charge >= 0.3 is 0 Å². The first-order valence-corrected chi connectivity index (χ1v) is 5.94. The minimum atomic E-state index is 0.131. The molecule has 96 valence electrons. The van der Waals surface area contributed by atoms with Crippen LogP contribution in [0.2, 0.25) is 0 Å². The largest absolute Gasteiger partial charge is 0.342 e. The van der Waals surface area contributed by atoms with Crippen molar-refractivity contribution in [1.29, 1.82) is 0 Å². The molecule has 0 aliphatic heterocycles. The van der Waals surface area contributed by atoms with Crippen molar-refractivity contribution < 1.29 is 4.79 Å². The van der Waals surface area contributed by atoms with Crippen molar-refractivity contribution in [3.8, 4) is 0 Å². The average Bonchev–Trinajstić information content (AvgIpc) is 2.69. The quantitative estimate of drug-likeness (QED) is 0.731. The van der Waals surface area contributed by atoms with Crippen LogP contribution in [0.1, 0.15) is 19.4 Å². The fourth-order valence-electron chi connectivity index (χ4n) is 1.44. The Kier molecular flexibility index (Phi) is 5.15. The summed E-state index contributed by atoms with van der Waals surface area (Å²) in [5, 5.41) is 7.25. The Balaban J connectivity index is 2.18. The molecule has 1 heterocycles. The zero-order valence-corrected chi connectivity index (χ0v) is 11.1. The number of rotatable bonds is 6. The first kappa shape index (κ1) is 13.7. The van der Waals surface area contributed by atoms with Crippen molar-refractivity contribution in [3.05, 3.63) is 18.0 Å². The molecule has 17 heavy (non-hydrogen) atoms. The Hall–Kier alpha value is -1.36. The lowest BCUT2D eigenvalue weighted by atomic mass is 10.2. The molecule has 1 aromatic heterocycles. The van der Waals surface area contributed by atoms with Gasteiger partial charge in [-0.1, -0.05) is 0 Å². The van der Waals surface area contributed by atoms with Gasteiger partial charge in [-0.05, 0) is 32.4 Å². The number of amides is 1. The summed E-state index contributed by atoms with van der Waals surface area (Å²) in [5.41, 5.74) is 1.18. The fourth-order valence-corrected chi connectivity index (χ4v) is 1.44. The first-order chi connectivity index (χ1) is 8.00. The summed E-state index contributed by atoms with van der Waals surface area (Å²) in [5.74, 6) is 0.131. The maximum absolute atomic E-state index is 11.6. The lowest BCUT2D eigenvalue weighted by Crippen LogP contribution is -2.39. The number of nitrogens with one attached hydrogen (secondary N) is 1. The minimum Gasteiger partial charge on any atom is -0.342 e. The number of nitrogens with zero attached hydrogens (tertiary/aromatic N) is 3. The standard InChI is InChI=1S/C12H22N4O/c1-10(2)16(4)12(17)8-13-6-5-11-7-14-15(3)9-11/h7,9-10,13H,5-6,8H2,1-4H3. The number of hydrogen-bond donors (Lipinski definition) is 1. The lowest BCUT2D eigenvalue weighted by Gasteiger charge is -2.21. The fraction of sp³-hybridized carbons (Fsp3) is 0.667. The van der Waals surface area contributed by atoms with E-state index in [-0.39, 0.29) is 11.9 Å². The van der Waals surface area contributed by atoms with Gasteiger partial charge in [0.2, 0.25) is 5.91 Å². The summed E-state index contributed by atoms with van der Waals surface area (Å²) in [6.45, 7) is 5.21. The van der Waals surface area contributed by atoms with Crippen molar-refractivity contribution in [3.63, 3.8) is 0 Å². The van der Waals surface area contributed by atoms with E-state index >= 15 is 0 Å². The van der Waals surface area contributed by atoms with E-state index in [4.69, 9.17) is 0 Å². The van der Waals surface area contributed by atoms with Crippen LogP contribution in [-0.2, 0) is 18.3 Å². The van der Waals surface area contributed by atoms with Crippen LogP contribution in [0.3, 0.4) is 0 Å². The third kappa shape index (κ3) is 4.56. The van der Waals surface area contributed by atoms with Gasteiger partial charge in [0.25, 0.3) is 0 Å². The van der Waals surface area contributed by atoms with Crippen LogP contribution in [0.5, 0.6) is 0 Å². The predicted octanol–water partition coefficient (Wildman–Crippen LogP) is 0.419. The number of likely N-dealkylation sites (N-methyl/N-ethyl adjacent to an activating group) is 1. The van der Waals surface area contributed by atoms with Crippen molar-refractivity contribution in [1.82, 2.24) is 20.0 Å². The summed E-state index contributed by atoms with van der Waals surface area (Å²) in [7, 11) is 3.73. The summed E-state index contributed by atoms with van der Waals surface area (Å²) < 4.78 is 1.78. The van der Waals surface area contributed by atoms with Crippen molar-refractivity contribution in [2.75, 3.05) is 20.1 Å². The van der Waals surface area contributed by atoms with E-state index in [2.05, 4.69) is 10.4 Å². The lowest BCUT2D eigenvalue weighted by molar-refractivity contribution is -0.130. The van der Waals surface area contributed by atoms with Crippen LogP contribution in [0.4, 0.5) is 0 Å². The minimum absolute atomic E-state index is 0.131. The van der Waals surface area contributed by atoms with Crippen LogP contribution in [0.25, 0.3) is 0 Å². The van der Waals surface area contributed by atoms with Crippen molar-refractivity contribution >= 4 is 5.91 Å². The van der Waals surface area contributed by atoms with Crippen LogP contribution in [-0.4, -0.2) is 46.8 Å². The van der Waals surface area contributed by atoms with Gasteiger partial charge in [-0.15, -0.1) is 0 Å². The van der Waals surface area contributed by atoms with Gasteiger partial charge in [0.15, 0.2) is 0 Å². The molecule has 0 aromatic carbocycles. The van der Waals surface area contributed by atoms with E-state index in [1.165, 1.54) is 5.56 Å². The van der Waals surface area contributed by atoms with Crippen LogP contribution < -0.4 is 5.32 Å². The maximum atomic E-state index is 11.6. The summed E-state index contributed by atoms with van der Waals surface area (Å²) >= 11 is 0. The smallest absolute Gasteiger partial charge is 0.236 e. The zero-order chi connectivity index (χ0) is 12.8. The number of carbonyl (C=O) groups is 1. The highest BCUT2D eigenvalue weighted by Gasteiger charge is 2.10. The molecule has 1 aromatic rings. The molecule has 1 amide bonds. The zero-order valence-electron chi connectivity index (χ0n) is 11.1. The Morgan fingerprint density at radius 2 is 2.29 bits per heavy atom. The molecular formula is C12H22N4O. The molecule has 1 rings (SSSR count). The van der Waals surface area contributed by atoms with Gasteiger partial charge in [-0.3, -0.25) is 9.48 Å². The molecule has 0 radical (unpaired) electrons. The molecule has 0 atom stereocenters. The molecule has 0 bridgehead atoms. The highest BCUT2D eigenvalue weighted by atomic mass is 16.2. The number of aromatic nitrogens is 2. The molecule has 5 nitrogen and oxygen atoms in total. The van der Waals surface area contributed by atoms with Gasteiger partial charge in [0.05, 0.1) is 12.7 Å². The molecule has 0 saturated carbocycles. The number of aryl methyl sites for hydroxylation is 1. The van der Waals surface area contributed by atoms with E-state index < -0.39 is 0 Å². The van der Waals surface area contributed by atoms with E-state index in [1.54, 1.807) is 9.58 Å². The van der Waals surface area contributed by atoms with Crippen molar-refractivity contribution in [2.24, 2.45) is 7.05 Å². The highest BCUT2D eigenvalue weighted by molar-refractivity contribution is 5.78. The number of hydrogen-bond acceptors (Lipinski definition) is 3. The van der Waals surface area contributed by atoms with E-state index in [9.17, 15) is 4.79 Å².